The molecule has 2 heterocycles. The Hall–Kier alpha value is -4.07. The average molecular weight is 474 g/mol. The summed E-state index contributed by atoms with van der Waals surface area (Å²) < 4.78 is 13.0. The quantitative estimate of drug-likeness (QED) is 0.317. The maximum Gasteiger partial charge on any atom is 0.256 e. The van der Waals surface area contributed by atoms with E-state index < -0.39 is 5.82 Å². The molecule has 0 saturated heterocycles. The lowest BCUT2D eigenvalue weighted by molar-refractivity contribution is -0.111. The van der Waals surface area contributed by atoms with Gasteiger partial charge in [-0.15, -0.1) is 0 Å². The monoisotopic (exact) mass is 473 g/mol. The Morgan fingerprint density at radius 3 is 2.40 bits per heavy atom. The van der Waals surface area contributed by atoms with Crippen LogP contribution in [-0.4, -0.2) is 34.2 Å². The molecule has 35 heavy (non-hydrogen) atoms. The number of nitrogens with one attached hydrogen (secondary N) is 3. The van der Waals surface area contributed by atoms with Gasteiger partial charge in [-0.2, -0.15) is 0 Å². The first-order valence-corrected chi connectivity index (χ1v) is 11.7. The van der Waals surface area contributed by atoms with Crippen LogP contribution < -0.4 is 10.6 Å². The van der Waals surface area contributed by atoms with E-state index >= 15 is 0 Å². The molecule has 0 atom stereocenters. The van der Waals surface area contributed by atoms with E-state index in [1.807, 2.05) is 31.3 Å². The van der Waals surface area contributed by atoms with Gasteiger partial charge < -0.3 is 20.4 Å². The van der Waals surface area contributed by atoms with Crippen molar-refractivity contribution in [3.05, 3.63) is 72.2 Å². The predicted molar refractivity (Wildman–Crippen MR) is 136 cm³/mol. The fourth-order valence-electron chi connectivity index (χ4n) is 3.97. The number of pyridine rings is 1. The van der Waals surface area contributed by atoms with Gasteiger partial charge in [0.1, 0.15) is 23.7 Å². The number of rotatable bonds is 5. The van der Waals surface area contributed by atoms with Crippen molar-refractivity contribution < 1.29 is 14.0 Å². The molecule has 0 spiro atoms. The molecule has 3 N–H and O–H groups in total. The van der Waals surface area contributed by atoms with E-state index in [0.717, 1.165) is 41.7 Å². The highest BCUT2D eigenvalue weighted by Gasteiger charge is 2.11. The van der Waals surface area contributed by atoms with Gasteiger partial charge in [0, 0.05) is 35.8 Å². The molecule has 2 aromatic carbocycles. The topological polar surface area (TPSA) is 99.8 Å². The van der Waals surface area contributed by atoms with E-state index in [2.05, 4.69) is 25.6 Å². The van der Waals surface area contributed by atoms with Crippen LogP contribution in [0.15, 0.2) is 60.8 Å². The predicted octanol–water partition coefficient (Wildman–Crippen LogP) is 5.82. The summed E-state index contributed by atoms with van der Waals surface area (Å²) in [6.45, 7) is 0. The molecule has 4 aromatic rings. The van der Waals surface area contributed by atoms with Gasteiger partial charge in [-0.3, -0.25) is 4.79 Å². The number of carbonyl (C=O) groups is 2. The van der Waals surface area contributed by atoms with E-state index in [1.54, 1.807) is 12.3 Å². The minimum Gasteiger partial charge on any atom is -0.388 e. The SMILES string of the molecule is CNc1ccc(-c2nc3cc(NC(=O)c4ccc(F)cc4)ncc3[nH]2)cc1.O=CC1CCCCC1. The third-order valence-electron chi connectivity index (χ3n) is 6.00. The third kappa shape index (κ3) is 6.29. The second-order valence-corrected chi connectivity index (χ2v) is 8.49. The number of hydrogen-bond acceptors (Lipinski definition) is 5. The molecule has 1 fully saturated rings. The first kappa shape index (κ1) is 24.1. The summed E-state index contributed by atoms with van der Waals surface area (Å²) >= 11 is 0. The highest BCUT2D eigenvalue weighted by atomic mass is 19.1. The van der Waals surface area contributed by atoms with Gasteiger partial charge in [0.15, 0.2) is 0 Å². The number of anilines is 2. The first-order chi connectivity index (χ1) is 17.1. The number of aromatic amines is 1. The first-order valence-electron chi connectivity index (χ1n) is 11.7. The van der Waals surface area contributed by atoms with E-state index in [0.29, 0.717) is 22.8 Å². The van der Waals surface area contributed by atoms with Crippen LogP contribution in [-0.2, 0) is 4.79 Å². The van der Waals surface area contributed by atoms with E-state index in [1.165, 1.54) is 43.5 Å². The average Bonchev–Trinajstić information content (AvgIpc) is 3.33. The number of benzene rings is 2. The van der Waals surface area contributed by atoms with Gasteiger partial charge in [0.2, 0.25) is 0 Å². The molecule has 7 nitrogen and oxygen atoms in total. The standard InChI is InChI=1S/C20H16FN5O.C7H12O/c1-22-15-8-4-12(5-9-15)19-24-16-10-18(23-11-17(16)25-19)26-20(27)13-2-6-14(21)7-3-13;8-6-7-4-2-1-3-5-7/h2-11,22H,1H3,(H,24,25)(H,23,26,27);6-7H,1-5H2. The highest BCUT2D eigenvalue weighted by molar-refractivity contribution is 6.04. The molecule has 8 heteroatoms. The minimum absolute atomic E-state index is 0.352. The van der Waals surface area contributed by atoms with Crippen molar-refractivity contribution >= 4 is 34.7 Å². The summed E-state index contributed by atoms with van der Waals surface area (Å²) in [7, 11) is 1.86. The smallest absolute Gasteiger partial charge is 0.256 e. The molecule has 180 valence electrons. The molecule has 1 aliphatic rings. The highest BCUT2D eigenvalue weighted by Crippen LogP contribution is 2.23. The molecule has 0 aliphatic heterocycles. The Labute approximate surface area is 203 Å². The molecule has 0 bridgehead atoms. The lowest BCUT2D eigenvalue weighted by atomic mass is 9.91. The zero-order valence-electron chi connectivity index (χ0n) is 19.6. The maximum atomic E-state index is 13.0. The Morgan fingerprint density at radius 1 is 1.06 bits per heavy atom. The summed E-state index contributed by atoms with van der Waals surface area (Å²) in [5.41, 5.74) is 3.77. The Balaban J connectivity index is 0.000000308. The fourth-order valence-corrected chi connectivity index (χ4v) is 3.97. The Kier molecular flexibility index (Phi) is 7.82. The van der Waals surface area contributed by atoms with Crippen LogP contribution in [0.5, 0.6) is 0 Å². The molecule has 0 radical (unpaired) electrons. The Bertz CT molecular complexity index is 1280. The normalized spacial score (nSPS) is 13.5. The molecular formula is C27H28FN5O2. The number of imidazole rings is 1. The number of fused-ring (bicyclic) bond motifs is 1. The Morgan fingerprint density at radius 2 is 1.77 bits per heavy atom. The van der Waals surface area contributed by atoms with Crippen molar-refractivity contribution in [2.45, 2.75) is 32.1 Å². The van der Waals surface area contributed by atoms with Crippen molar-refractivity contribution in [1.29, 1.82) is 0 Å². The maximum absolute atomic E-state index is 13.0. The summed E-state index contributed by atoms with van der Waals surface area (Å²) in [6.07, 6.45) is 8.89. The number of nitrogens with zero attached hydrogens (tertiary/aromatic N) is 2. The third-order valence-corrected chi connectivity index (χ3v) is 6.00. The molecule has 1 saturated carbocycles. The summed E-state index contributed by atoms with van der Waals surface area (Å²) in [5, 5.41) is 5.77. The van der Waals surface area contributed by atoms with Crippen LogP contribution in [0.3, 0.4) is 0 Å². The van der Waals surface area contributed by atoms with Gasteiger partial charge >= 0.3 is 0 Å². The molecule has 5 rings (SSSR count). The molecular weight excluding hydrogens is 445 g/mol. The molecule has 1 aliphatic carbocycles. The summed E-state index contributed by atoms with van der Waals surface area (Å²) in [6, 6.07) is 14.9. The zero-order valence-corrected chi connectivity index (χ0v) is 19.6. The second-order valence-electron chi connectivity index (χ2n) is 8.49. The van der Waals surface area contributed by atoms with Crippen LogP contribution >= 0.6 is 0 Å². The zero-order chi connectivity index (χ0) is 24.6. The van der Waals surface area contributed by atoms with Crippen LogP contribution in [0.1, 0.15) is 42.5 Å². The summed E-state index contributed by atoms with van der Waals surface area (Å²) in [4.78, 5) is 34.4. The van der Waals surface area contributed by atoms with E-state index in [9.17, 15) is 14.0 Å². The van der Waals surface area contributed by atoms with Gasteiger partial charge in [-0.05, 0) is 61.4 Å². The van der Waals surface area contributed by atoms with Crippen molar-refractivity contribution in [2.24, 2.45) is 5.92 Å². The molecule has 0 unspecified atom stereocenters. The summed E-state index contributed by atoms with van der Waals surface area (Å²) in [5.74, 6) is 0.749. The molecule has 1 amide bonds. The van der Waals surface area contributed by atoms with E-state index in [-0.39, 0.29) is 5.91 Å². The van der Waals surface area contributed by atoms with Gasteiger partial charge in [-0.1, -0.05) is 19.3 Å². The number of carbonyl (C=O) groups excluding carboxylic acids is 2. The minimum atomic E-state index is -0.391. The lowest BCUT2D eigenvalue weighted by Crippen LogP contribution is -2.12. The van der Waals surface area contributed by atoms with Crippen LogP contribution in [0.4, 0.5) is 15.9 Å². The van der Waals surface area contributed by atoms with Crippen LogP contribution in [0, 0.1) is 11.7 Å². The lowest BCUT2D eigenvalue weighted by Gasteiger charge is -2.14. The van der Waals surface area contributed by atoms with Gasteiger partial charge in [-0.25, -0.2) is 14.4 Å². The largest absolute Gasteiger partial charge is 0.388 e. The van der Waals surface area contributed by atoms with Gasteiger partial charge in [0.25, 0.3) is 5.91 Å². The fraction of sp³-hybridized carbons (Fsp3) is 0.259. The number of aromatic nitrogens is 3. The van der Waals surface area contributed by atoms with Crippen molar-refractivity contribution in [1.82, 2.24) is 15.0 Å². The van der Waals surface area contributed by atoms with E-state index in [4.69, 9.17) is 0 Å². The van der Waals surface area contributed by atoms with Crippen LogP contribution in [0.2, 0.25) is 0 Å². The number of halogens is 1. The number of amides is 1. The number of hydrogen-bond donors (Lipinski definition) is 3. The number of aldehydes is 1. The van der Waals surface area contributed by atoms with Gasteiger partial charge in [0.05, 0.1) is 17.2 Å². The second kappa shape index (κ2) is 11.4. The van der Waals surface area contributed by atoms with Crippen molar-refractivity contribution in [3.8, 4) is 11.4 Å². The van der Waals surface area contributed by atoms with Crippen LogP contribution in [0.25, 0.3) is 22.4 Å². The molecule has 2 aromatic heterocycles. The van der Waals surface area contributed by atoms with Crippen molar-refractivity contribution in [3.63, 3.8) is 0 Å². The number of H-pyrrole nitrogens is 1. The van der Waals surface area contributed by atoms with Crippen molar-refractivity contribution in [2.75, 3.05) is 17.7 Å².